The molecule has 0 saturated heterocycles. The first-order valence-corrected chi connectivity index (χ1v) is 5.08. The minimum Gasteiger partial charge on any atom is -0.345 e. The average Bonchev–Trinajstić information content (AvgIpc) is 2.82. The smallest absolute Gasteiger partial charge is 0.152 e. The minimum absolute atomic E-state index is 0.562. The highest BCUT2D eigenvalue weighted by Crippen LogP contribution is 2.26. The third-order valence-corrected chi connectivity index (χ3v) is 2.58. The van der Waals surface area contributed by atoms with E-state index in [0.29, 0.717) is 11.2 Å². The summed E-state index contributed by atoms with van der Waals surface area (Å²) in [7, 11) is 0. The Hall–Kier alpha value is -2.56. The van der Waals surface area contributed by atoms with Gasteiger partial charge in [0.15, 0.2) is 6.29 Å². The number of pyridine rings is 1. The van der Waals surface area contributed by atoms with Gasteiger partial charge in [0.1, 0.15) is 12.0 Å². The van der Waals surface area contributed by atoms with E-state index in [1.165, 1.54) is 6.33 Å². The van der Waals surface area contributed by atoms with Crippen LogP contribution in [-0.2, 0) is 0 Å². The van der Waals surface area contributed by atoms with Gasteiger partial charge >= 0.3 is 0 Å². The molecule has 0 fully saturated rings. The number of carbonyl (C=O) groups excluding carboxylic acids is 1. The molecule has 0 atom stereocenters. The third-order valence-electron chi connectivity index (χ3n) is 2.58. The molecule has 0 bridgehead atoms. The fourth-order valence-corrected chi connectivity index (χ4v) is 1.81. The number of aldehydes is 1. The Morgan fingerprint density at radius 1 is 1.18 bits per heavy atom. The van der Waals surface area contributed by atoms with Crippen molar-refractivity contribution in [2.45, 2.75) is 0 Å². The zero-order valence-corrected chi connectivity index (χ0v) is 8.79. The quantitative estimate of drug-likeness (QED) is 0.674. The number of hydrogen-bond acceptors (Lipinski definition) is 4. The highest BCUT2D eigenvalue weighted by molar-refractivity contribution is 6.02. The number of H-pyrrole nitrogens is 1. The summed E-state index contributed by atoms with van der Waals surface area (Å²) in [6.45, 7) is 0. The van der Waals surface area contributed by atoms with Gasteiger partial charge in [-0.05, 0) is 12.1 Å². The molecule has 0 aromatic carbocycles. The summed E-state index contributed by atoms with van der Waals surface area (Å²) in [6, 6.07) is 3.70. The number of fused-ring (bicyclic) bond motifs is 1. The maximum absolute atomic E-state index is 11.0. The molecule has 5 heteroatoms. The molecule has 5 nitrogen and oxygen atoms in total. The molecule has 3 aromatic rings. The van der Waals surface area contributed by atoms with Crippen molar-refractivity contribution in [3.05, 3.63) is 42.6 Å². The van der Waals surface area contributed by atoms with Gasteiger partial charge in [-0.15, -0.1) is 0 Å². The van der Waals surface area contributed by atoms with Crippen LogP contribution in [-0.4, -0.2) is 26.2 Å². The van der Waals surface area contributed by atoms with Gasteiger partial charge in [-0.3, -0.25) is 9.78 Å². The Bertz CT molecular complexity index is 675. The molecular formula is C12H8N4O. The lowest BCUT2D eigenvalue weighted by molar-refractivity contribution is 0.112. The zero-order chi connectivity index (χ0) is 11.7. The molecule has 3 rings (SSSR count). The molecule has 1 N–H and O–H groups in total. The molecular weight excluding hydrogens is 216 g/mol. The fraction of sp³-hybridized carbons (Fsp3) is 0. The van der Waals surface area contributed by atoms with E-state index in [1.54, 1.807) is 18.6 Å². The van der Waals surface area contributed by atoms with Crippen LogP contribution in [0.25, 0.3) is 22.3 Å². The second kappa shape index (κ2) is 3.79. The summed E-state index contributed by atoms with van der Waals surface area (Å²) in [5.41, 5.74) is 2.87. The molecule has 3 heterocycles. The summed E-state index contributed by atoms with van der Waals surface area (Å²) in [6.07, 6.45) is 7.29. The van der Waals surface area contributed by atoms with Crippen molar-refractivity contribution in [1.82, 2.24) is 19.9 Å². The number of hydrogen-bond donors (Lipinski definition) is 1. The summed E-state index contributed by atoms with van der Waals surface area (Å²) in [4.78, 5) is 26.2. The van der Waals surface area contributed by atoms with E-state index >= 15 is 0 Å². The van der Waals surface area contributed by atoms with E-state index in [1.807, 2.05) is 12.1 Å². The highest BCUT2D eigenvalue weighted by atomic mass is 16.1. The van der Waals surface area contributed by atoms with E-state index in [4.69, 9.17) is 0 Å². The van der Waals surface area contributed by atoms with Crippen molar-refractivity contribution in [3.8, 4) is 11.3 Å². The molecule has 0 saturated carbocycles. The van der Waals surface area contributed by atoms with Gasteiger partial charge in [-0.2, -0.15) is 0 Å². The monoisotopic (exact) mass is 224 g/mol. The summed E-state index contributed by atoms with van der Waals surface area (Å²) in [5.74, 6) is 0. The van der Waals surface area contributed by atoms with E-state index in [-0.39, 0.29) is 0 Å². The minimum atomic E-state index is 0.562. The molecule has 17 heavy (non-hydrogen) atoms. The van der Waals surface area contributed by atoms with Crippen LogP contribution in [0.2, 0.25) is 0 Å². The fourth-order valence-electron chi connectivity index (χ4n) is 1.81. The van der Waals surface area contributed by atoms with Crippen LogP contribution in [0.3, 0.4) is 0 Å². The lowest BCUT2D eigenvalue weighted by Crippen LogP contribution is -1.89. The first kappa shape index (κ1) is 9.65. The second-order valence-corrected chi connectivity index (χ2v) is 3.54. The Balaban J connectivity index is 2.36. The van der Waals surface area contributed by atoms with Crippen molar-refractivity contribution in [3.63, 3.8) is 0 Å². The largest absolute Gasteiger partial charge is 0.345 e. The van der Waals surface area contributed by atoms with Crippen molar-refractivity contribution in [2.75, 3.05) is 0 Å². The van der Waals surface area contributed by atoms with Crippen LogP contribution in [0, 0.1) is 0 Å². The average molecular weight is 224 g/mol. The summed E-state index contributed by atoms with van der Waals surface area (Å²) >= 11 is 0. The molecule has 82 valence electrons. The first-order valence-electron chi connectivity index (χ1n) is 5.08. The van der Waals surface area contributed by atoms with Crippen molar-refractivity contribution in [1.29, 1.82) is 0 Å². The van der Waals surface area contributed by atoms with Crippen molar-refractivity contribution in [2.24, 2.45) is 0 Å². The van der Waals surface area contributed by atoms with Gasteiger partial charge in [0.2, 0.25) is 0 Å². The third kappa shape index (κ3) is 1.48. The summed E-state index contributed by atoms with van der Waals surface area (Å²) in [5, 5.41) is 0.744. The molecule has 0 radical (unpaired) electrons. The zero-order valence-electron chi connectivity index (χ0n) is 8.79. The molecule has 3 aromatic heterocycles. The van der Waals surface area contributed by atoms with Crippen LogP contribution >= 0.6 is 0 Å². The van der Waals surface area contributed by atoms with E-state index < -0.39 is 0 Å². The van der Waals surface area contributed by atoms with Gasteiger partial charge in [0.05, 0.1) is 11.1 Å². The van der Waals surface area contributed by atoms with Gasteiger partial charge in [0.25, 0.3) is 0 Å². The maximum Gasteiger partial charge on any atom is 0.152 e. The van der Waals surface area contributed by atoms with Gasteiger partial charge in [0, 0.05) is 29.7 Å². The Kier molecular flexibility index (Phi) is 2.15. The van der Waals surface area contributed by atoms with Gasteiger partial charge < -0.3 is 4.98 Å². The maximum atomic E-state index is 11.0. The topological polar surface area (TPSA) is 71.5 Å². The molecule has 0 aliphatic rings. The highest BCUT2D eigenvalue weighted by Gasteiger charge is 2.11. The van der Waals surface area contributed by atoms with E-state index in [0.717, 1.165) is 22.9 Å². The predicted molar refractivity (Wildman–Crippen MR) is 62.5 cm³/mol. The number of rotatable bonds is 2. The number of aromatic amines is 1. The normalized spacial score (nSPS) is 10.6. The SMILES string of the molecule is O=Cc1c[nH]c2ncnc(-c3ccncc3)c12. The van der Waals surface area contributed by atoms with Crippen LogP contribution < -0.4 is 0 Å². The number of aromatic nitrogens is 4. The molecule has 0 aliphatic carbocycles. The van der Waals surface area contributed by atoms with Crippen molar-refractivity contribution >= 4 is 17.3 Å². The van der Waals surface area contributed by atoms with Gasteiger partial charge in [-0.25, -0.2) is 9.97 Å². The van der Waals surface area contributed by atoms with Crippen LogP contribution in [0.15, 0.2) is 37.1 Å². The lowest BCUT2D eigenvalue weighted by atomic mass is 10.1. The van der Waals surface area contributed by atoms with Gasteiger partial charge in [-0.1, -0.05) is 0 Å². The molecule has 0 spiro atoms. The molecule has 0 unspecified atom stereocenters. The number of nitrogens with zero attached hydrogens (tertiary/aromatic N) is 3. The van der Waals surface area contributed by atoms with E-state index in [9.17, 15) is 4.79 Å². The Morgan fingerprint density at radius 2 is 2.00 bits per heavy atom. The van der Waals surface area contributed by atoms with E-state index in [2.05, 4.69) is 19.9 Å². The lowest BCUT2D eigenvalue weighted by Gasteiger charge is -2.01. The number of nitrogens with one attached hydrogen (secondary N) is 1. The Labute approximate surface area is 96.6 Å². The standard InChI is InChI=1S/C12H8N4O/c17-6-9-5-14-12-10(9)11(15-7-16-12)8-1-3-13-4-2-8/h1-7H,(H,14,15,16). The van der Waals surface area contributed by atoms with Crippen LogP contribution in [0.4, 0.5) is 0 Å². The Morgan fingerprint density at radius 3 is 2.76 bits per heavy atom. The first-order chi connectivity index (χ1) is 8.40. The predicted octanol–water partition coefficient (Wildman–Crippen LogP) is 1.83. The molecule has 0 aliphatic heterocycles. The molecule has 0 amide bonds. The van der Waals surface area contributed by atoms with Crippen molar-refractivity contribution < 1.29 is 4.79 Å². The summed E-state index contributed by atoms with van der Waals surface area (Å²) < 4.78 is 0. The number of carbonyl (C=O) groups is 1. The van der Waals surface area contributed by atoms with Crippen LogP contribution in [0.5, 0.6) is 0 Å². The van der Waals surface area contributed by atoms with Crippen LogP contribution in [0.1, 0.15) is 10.4 Å². The second-order valence-electron chi connectivity index (χ2n) is 3.54.